The topological polar surface area (TPSA) is 32.3 Å². The Kier molecular flexibility index (Phi) is 4.27. The van der Waals surface area contributed by atoms with Crippen LogP contribution in [0.3, 0.4) is 0 Å². The Labute approximate surface area is 101 Å². The summed E-state index contributed by atoms with van der Waals surface area (Å²) in [6.07, 6.45) is 0.826. The van der Waals surface area contributed by atoms with E-state index in [1.165, 1.54) is 12.2 Å². The molecule has 1 saturated heterocycles. The van der Waals surface area contributed by atoms with Crippen LogP contribution in [0.2, 0.25) is 0 Å². The van der Waals surface area contributed by atoms with Gasteiger partial charge in [0.25, 0.3) is 0 Å². The van der Waals surface area contributed by atoms with Crippen molar-refractivity contribution >= 4 is 11.8 Å². The number of aliphatic hydroxyl groups is 1. The summed E-state index contributed by atoms with van der Waals surface area (Å²) >= 11 is 2.01. The molecule has 1 fully saturated rings. The van der Waals surface area contributed by atoms with Crippen LogP contribution in [0, 0.1) is 0 Å². The zero-order valence-corrected chi connectivity index (χ0v) is 10.4. The molecule has 0 aliphatic carbocycles. The van der Waals surface area contributed by atoms with Crippen LogP contribution in [0.25, 0.3) is 0 Å². The molecular weight excluding hydrogens is 218 g/mol. The van der Waals surface area contributed by atoms with Crippen LogP contribution in [0.5, 0.6) is 0 Å². The van der Waals surface area contributed by atoms with Gasteiger partial charge in [0.05, 0.1) is 6.10 Å². The summed E-state index contributed by atoms with van der Waals surface area (Å²) in [6, 6.07) is 10.4. The van der Waals surface area contributed by atoms with Gasteiger partial charge in [0.1, 0.15) is 0 Å². The maximum absolute atomic E-state index is 10.00. The normalized spacial score (nSPS) is 26.9. The van der Waals surface area contributed by atoms with Gasteiger partial charge >= 0.3 is 0 Å². The van der Waals surface area contributed by atoms with Gasteiger partial charge in [-0.05, 0) is 17.7 Å². The third kappa shape index (κ3) is 3.00. The van der Waals surface area contributed by atoms with Gasteiger partial charge in [-0.1, -0.05) is 37.3 Å². The largest absolute Gasteiger partial charge is 0.387 e. The Balaban J connectivity index is 1.82. The van der Waals surface area contributed by atoms with Crippen molar-refractivity contribution in [1.82, 2.24) is 5.32 Å². The van der Waals surface area contributed by atoms with Gasteiger partial charge in [0.2, 0.25) is 0 Å². The van der Waals surface area contributed by atoms with E-state index >= 15 is 0 Å². The van der Waals surface area contributed by atoms with Gasteiger partial charge in [0, 0.05) is 17.8 Å². The van der Waals surface area contributed by atoms with Crippen molar-refractivity contribution in [3.8, 4) is 0 Å². The molecule has 2 rings (SSSR count). The van der Waals surface area contributed by atoms with Gasteiger partial charge in [-0.15, -0.1) is 0 Å². The van der Waals surface area contributed by atoms with Crippen molar-refractivity contribution in [3.05, 3.63) is 35.9 Å². The molecule has 1 aromatic rings. The second-order valence-corrected chi connectivity index (χ2v) is 5.79. The molecule has 0 aromatic heterocycles. The Morgan fingerprint density at radius 3 is 2.81 bits per heavy atom. The molecule has 88 valence electrons. The average molecular weight is 237 g/mol. The van der Waals surface area contributed by atoms with E-state index in [9.17, 15) is 5.11 Å². The van der Waals surface area contributed by atoms with Crippen molar-refractivity contribution in [2.45, 2.75) is 30.7 Å². The molecule has 1 aliphatic rings. The molecule has 0 amide bonds. The first kappa shape index (κ1) is 12.0. The highest BCUT2D eigenvalue weighted by Gasteiger charge is 2.23. The second-order valence-electron chi connectivity index (χ2n) is 4.31. The average Bonchev–Trinajstić information content (AvgIpc) is 2.73. The molecule has 3 heteroatoms. The predicted octanol–water partition coefficient (Wildman–Crippen LogP) is 2.20. The van der Waals surface area contributed by atoms with Crippen LogP contribution < -0.4 is 5.32 Å². The lowest BCUT2D eigenvalue weighted by Gasteiger charge is -2.19. The van der Waals surface area contributed by atoms with Gasteiger partial charge in [0.15, 0.2) is 0 Å². The molecule has 3 atom stereocenters. The van der Waals surface area contributed by atoms with Gasteiger partial charge in [-0.3, -0.25) is 0 Å². The fraction of sp³-hybridized carbons (Fsp3) is 0.538. The zero-order valence-electron chi connectivity index (χ0n) is 9.60. The molecule has 0 radical (unpaired) electrons. The highest BCUT2D eigenvalue weighted by Crippen LogP contribution is 2.26. The minimum absolute atomic E-state index is 0.390. The molecule has 0 bridgehead atoms. The fourth-order valence-corrected chi connectivity index (χ4v) is 3.28. The number of rotatable bonds is 4. The Bertz CT molecular complexity index is 317. The van der Waals surface area contributed by atoms with E-state index in [0.717, 1.165) is 5.56 Å². The molecule has 1 aromatic carbocycles. The molecule has 0 saturated carbocycles. The third-order valence-electron chi connectivity index (χ3n) is 3.13. The second kappa shape index (κ2) is 5.71. The van der Waals surface area contributed by atoms with E-state index in [4.69, 9.17) is 0 Å². The van der Waals surface area contributed by atoms with E-state index in [1.807, 2.05) is 42.1 Å². The molecule has 0 spiro atoms. The van der Waals surface area contributed by atoms with Crippen LogP contribution in [0.1, 0.15) is 25.0 Å². The third-order valence-corrected chi connectivity index (χ3v) is 4.46. The first-order valence-corrected chi connectivity index (χ1v) is 6.90. The quantitative estimate of drug-likeness (QED) is 0.842. The van der Waals surface area contributed by atoms with E-state index in [1.54, 1.807) is 0 Å². The summed E-state index contributed by atoms with van der Waals surface area (Å²) < 4.78 is 0. The number of hydrogen-bond acceptors (Lipinski definition) is 3. The summed E-state index contributed by atoms with van der Waals surface area (Å²) in [5, 5.41) is 14.1. The predicted molar refractivity (Wildman–Crippen MR) is 69.7 cm³/mol. The van der Waals surface area contributed by atoms with E-state index < -0.39 is 0 Å². The van der Waals surface area contributed by atoms with Crippen LogP contribution in [0.4, 0.5) is 0 Å². The monoisotopic (exact) mass is 237 g/mol. The van der Waals surface area contributed by atoms with Crippen LogP contribution in [0.15, 0.2) is 30.3 Å². The van der Waals surface area contributed by atoms with Crippen LogP contribution in [-0.4, -0.2) is 28.7 Å². The Hall–Kier alpha value is -0.510. The smallest absolute Gasteiger partial charge is 0.0914 e. The molecule has 16 heavy (non-hydrogen) atoms. The number of thioether (sulfide) groups is 1. The highest BCUT2D eigenvalue weighted by molar-refractivity contribution is 8.00. The number of hydrogen-bond donors (Lipinski definition) is 2. The summed E-state index contributed by atoms with van der Waals surface area (Å²) in [4.78, 5) is 0. The van der Waals surface area contributed by atoms with E-state index in [0.29, 0.717) is 17.8 Å². The van der Waals surface area contributed by atoms with Gasteiger partial charge in [-0.2, -0.15) is 11.8 Å². The maximum Gasteiger partial charge on any atom is 0.0914 e. The van der Waals surface area contributed by atoms with Crippen molar-refractivity contribution in [1.29, 1.82) is 0 Å². The van der Waals surface area contributed by atoms with Crippen molar-refractivity contribution in [2.24, 2.45) is 0 Å². The minimum Gasteiger partial charge on any atom is -0.387 e. The van der Waals surface area contributed by atoms with Crippen LogP contribution >= 0.6 is 11.8 Å². The summed E-state index contributed by atoms with van der Waals surface area (Å²) in [6.45, 7) is 2.91. The molecular formula is C13H19NOS. The molecule has 2 nitrogen and oxygen atoms in total. The zero-order chi connectivity index (χ0) is 11.4. The number of benzene rings is 1. The van der Waals surface area contributed by atoms with Gasteiger partial charge < -0.3 is 10.4 Å². The lowest BCUT2D eigenvalue weighted by atomic mass is 10.1. The van der Waals surface area contributed by atoms with Crippen LogP contribution in [-0.2, 0) is 0 Å². The number of aliphatic hydroxyl groups excluding tert-OH is 1. The Morgan fingerprint density at radius 2 is 2.19 bits per heavy atom. The van der Waals surface area contributed by atoms with E-state index in [-0.39, 0.29) is 6.10 Å². The Morgan fingerprint density at radius 1 is 1.44 bits per heavy atom. The summed E-state index contributed by atoms with van der Waals surface area (Å²) in [7, 11) is 0. The lowest BCUT2D eigenvalue weighted by molar-refractivity contribution is 0.170. The van der Waals surface area contributed by atoms with Crippen molar-refractivity contribution in [2.75, 3.05) is 12.3 Å². The fourth-order valence-electron chi connectivity index (χ4n) is 2.06. The molecule has 1 aliphatic heterocycles. The van der Waals surface area contributed by atoms with Crippen molar-refractivity contribution < 1.29 is 5.11 Å². The highest BCUT2D eigenvalue weighted by atomic mass is 32.2. The van der Waals surface area contributed by atoms with Gasteiger partial charge in [-0.25, -0.2) is 0 Å². The number of nitrogens with one attached hydrogen (secondary N) is 1. The molecule has 2 N–H and O–H groups in total. The maximum atomic E-state index is 10.00. The summed E-state index contributed by atoms with van der Waals surface area (Å²) in [5.74, 6) is 1.24. The standard InChI is InChI=1S/C13H19NOS/c1-10-12(7-8-16-10)14-9-13(15)11-5-3-2-4-6-11/h2-6,10,12-15H,7-9H2,1H3. The SMILES string of the molecule is CC1SCCC1NCC(O)c1ccccc1. The first-order chi connectivity index (χ1) is 7.77. The van der Waals surface area contributed by atoms with E-state index in [2.05, 4.69) is 12.2 Å². The lowest BCUT2D eigenvalue weighted by Crippen LogP contribution is -2.36. The van der Waals surface area contributed by atoms with Crippen molar-refractivity contribution in [3.63, 3.8) is 0 Å². The first-order valence-electron chi connectivity index (χ1n) is 5.85. The summed E-state index contributed by atoms with van der Waals surface area (Å²) in [5.41, 5.74) is 0.994. The molecule has 3 unspecified atom stereocenters. The minimum atomic E-state index is -0.390. The molecule has 1 heterocycles.